The van der Waals surface area contributed by atoms with Crippen LogP contribution in [-0.4, -0.2) is 52.3 Å². The lowest BCUT2D eigenvalue weighted by Crippen LogP contribution is -2.48. The standard InChI is InChI=1S/C21H27N3O3S.HI/c1-16-6-4-5-7-19(16)20-15-24(12-13-27-20)21(22-2)23-14-17-8-10-18(11-9-17)28(3,25)26;/h4-11,20H,12-15H2,1-3H3,(H,22,23);1H. The van der Waals surface area contributed by atoms with Crippen molar-refractivity contribution in [2.24, 2.45) is 4.99 Å². The predicted octanol–water partition coefficient (Wildman–Crippen LogP) is 3.17. The second-order valence-corrected chi connectivity index (χ2v) is 8.99. The second kappa shape index (κ2) is 10.4. The van der Waals surface area contributed by atoms with Gasteiger partial charge in [-0.25, -0.2) is 8.42 Å². The number of nitrogens with one attached hydrogen (secondary N) is 1. The number of nitrogens with zero attached hydrogens (tertiary/aromatic N) is 2. The molecule has 8 heteroatoms. The van der Waals surface area contributed by atoms with E-state index in [0.717, 1.165) is 24.6 Å². The Kier molecular flexibility index (Phi) is 8.47. The highest BCUT2D eigenvalue weighted by atomic mass is 127. The SMILES string of the molecule is CN=C(NCc1ccc(S(C)(=O)=O)cc1)N1CCOC(c2ccccc2C)C1.I. The lowest BCUT2D eigenvalue weighted by molar-refractivity contribution is -0.00833. The van der Waals surface area contributed by atoms with Gasteiger partial charge in [0.2, 0.25) is 0 Å². The average molecular weight is 529 g/mol. The number of guanidine groups is 1. The molecular formula is C21H28IN3O3S. The van der Waals surface area contributed by atoms with E-state index < -0.39 is 9.84 Å². The van der Waals surface area contributed by atoms with E-state index in [1.165, 1.54) is 17.4 Å². The molecule has 0 amide bonds. The van der Waals surface area contributed by atoms with Gasteiger partial charge < -0.3 is 15.0 Å². The molecule has 1 unspecified atom stereocenters. The molecule has 2 aromatic carbocycles. The van der Waals surface area contributed by atoms with Crippen molar-refractivity contribution in [3.05, 3.63) is 65.2 Å². The molecule has 0 aliphatic carbocycles. The van der Waals surface area contributed by atoms with E-state index in [1.807, 2.05) is 24.3 Å². The topological polar surface area (TPSA) is 71.0 Å². The third-order valence-corrected chi connectivity index (χ3v) is 6.04. The summed E-state index contributed by atoms with van der Waals surface area (Å²) in [6.07, 6.45) is 1.23. The van der Waals surface area contributed by atoms with Crippen molar-refractivity contribution < 1.29 is 13.2 Å². The van der Waals surface area contributed by atoms with Gasteiger partial charge in [-0.15, -0.1) is 24.0 Å². The number of aliphatic imine (C=N–C) groups is 1. The molecule has 1 fully saturated rings. The highest BCUT2D eigenvalue weighted by Crippen LogP contribution is 2.25. The third-order valence-electron chi connectivity index (χ3n) is 4.92. The first-order valence-corrected chi connectivity index (χ1v) is 11.2. The molecule has 1 N–H and O–H groups in total. The number of aryl methyl sites for hydroxylation is 1. The smallest absolute Gasteiger partial charge is 0.194 e. The van der Waals surface area contributed by atoms with Crippen LogP contribution >= 0.6 is 24.0 Å². The quantitative estimate of drug-likeness (QED) is 0.375. The molecule has 0 aromatic heterocycles. The largest absolute Gasteiger partial charge is 0.370 e. The van der Waals surface area contributed by atoms with Gasteiger partial charge in [0.1, 0.15) is 6.10 Å². The lowest BCUT2D eigenvalue weighted by atomic mass is 10.0. The number of rotatable bonds is 4. The van der Waals surface area contributed by atoms with Crippen molar-refractivity contribution in [3.8, 4) is 0 Å². The normalized spacial score (nSPS) is 17.6. The first-order valence-electron chi connectivity index (χ1n) is 9.30. The summed E-state index contributed by atoms with van der Waals surface area (Å²) >= 11 is 0. The number of morpholine rings is 1. The fraction of sp³-hybridized carbons (Fsp3) is 0.381. The van der Waals surface area contributed by atoms with Gasteiger partial charge in [0.25, 0.3) is 0 Å². The maximum Gasteiger partial charge on any atom is 0.194 e. The monoisotopic (exact) mass is 529 g/mol. The van der Waals surface area contributed by atoms with E-state index in [2.05, 4.69) is 34.3 Å². The molecule has 1 aliphatic rings. The molecule has 6 nitrogen and oxygen atoms in total. The molecule has 158 valence electrons. The van der Waals surface area contributed by atoms with Gasteiger partial charge >= 0.3 is 0 Å². The molecule has 29 heavy (non-hydrogen) atoms. The second-order valence-electron chi connectivity index (χ2n) is 6.98. The average Bonchev–Trinajstić information content (AvgIpc) is 2.69. The van der Waals surface area contributed by atoms with Crippen molar-refractivity contribution in [3.63, 3.8) is 0 Å². The fourth-order valence-corrected chi connectivity index (χ4v) is 3.98. The lowest BCUT2D eigenvalue weighted by Gasteiger charge is -2.35. The van der Waals surface area contributed by atoms with Gasteiger partial charge in [-0.05, 0) is 35.7 Å². The van der Waals surface area contributed by atoms with Gasteiger partial charge in [0.05, 0.1) is 18.0 Å². The summed E-state index contributed by atoms with van der Waals surface area (Å²) in [7, 11) is -1.40. The summed E-state index contributed by atoms with van der Waals surface area (Å²) < 4.78 is 29.2. The van der Waals surface area contributed by atoms with Gasteiger partial charge in [-0.1, -0.05) is 36.4 Å². The predicted molar refractivity (Wildman–Crippen MR) is 127 cm³/mol. The minimum atomic E-state index is -3.17. The summed E-state index contributed by atoms with van der Waals surface area (Å²) in [6.45, 7) is 4.82. The van der Waals surface area contributed by atoms with E-state index in [0.29, 0.717) is 18.0 Å². The van der Waals surface area contributed by atoms with Gasteiger partial charge in [-0.3, -0.25) is 4.99 Å². The van der Waals surface area contributed by atoms with E-state index in [4.69, 9.17) is 4.74 Å². The Morgan fingerprint density at radius 1 is 1.21 bits per heavy atom. The summed E-state index contributed by atoms with van der Waals surface area (Å²) in [4.78, 5) is 6.94. The minimum Gasteiger partial charge on any atom is -0.370 e. The Hall–Kier alpha value is -1.65. The van der Waals surface area contributed by atoms with Crippen LogP contribution in [0.3, 0.4) is 0 Å². The molecule has 1 saturated heterocycles. The van der Waals surface area contributed by atoms with Crippen molar-refractivity contribution >= 4 is 39.8 Å². The van der Waals surface area contributed by atoms with Crippen LogP contribution in [0.1, 0.15) is 22.8 Å². The molecule has 1 atom stereocenters. The van der Waals surface area contributed by atoms with Crippen LogP contribution in [0.4, 0.5) is 0 Å². The Morgan fingerprint density at radius 2 is 1.90 bits per heavy atom. The van der Waals surface area contributed by atoms with E-state index in [-0.39, 0.29) is 30.1 Å². The number of benzene rings is 2. The highest BCUT2D eigenvalue weighted by Gasteiger charge is 2.25. The third kappa shape index (κ3) is 6.16. The number of halogens is 1. The van der Waals surface area contributed by atoms with Crippen molar-refractivity contribution in [2.75, 3.05) is 33.0 Å². The summed E-state index contributed by atoms with van der Waals surface area (Å²) in [5.41, 5.74) is 3.43. The van der Waals surface area contributed by atoms with Crippen LogP contribution in [0.15, 0.2) is 58.4 Å². The molecule has 3 rings (SSSR count). The maximum atomic E-state index is 11.6. The Balaban J connectivity index is 0.00000300. The zero-order valence-electron chi connectivity index (χ0n) is 17.0. The molecule has 0 spiro atoms. The number of ether oxygens (including phenoxy) is 1. The zero-order valence-corrected chi connectivity index (χ0v) is 20.1. The Labute approximate surface area is 190 Å². The number of hydrogen-bond donors (Lipinski definition) is 1. The van der Waals surface area contributed by atoms with E-state index >= 15 is 0 Å². The van der Waals surface area contributed by atoms with Crippen LogP contribution in [0.2, 0.25) is 0 Å². The van der Waals surface area contributed by atoms with Crippen LogP contribution in [0, 0.1) is 6.92 Å². The molecule has 0 radical (unpaired) electrons. The first kappa shape index (κ1) is 23.6. The zero-order chi connectivity index (χ0) is 20.1. The van der Waals surface area contributed by atoms with Gasteiger partial charge in [0, 0.05) is 26.4 Å². The van der Waals surface area contributed by atoms with Crippen molar-refractivity contribution in [2.45, 2.75) is 24.5 Å². The molecule has 0 bridgehead atoms. The maximum absolute atomic E-state index is 11.6. The molecule has 2 aromatic rings. The van der Waals surface area contributed by atoms with Crippen LogP contribution in [0.5, 0.6) is 0 Å². The van der Waals surface area contributed by atoms with Gasteiger partial charge in [0.15, 0.2) is 15.8 Å². The molecule has 1 heterocycles. The van der Waals surface area contributed by atoms with E-state index in [1.54, 1.807) is 19.2 Å². The van der Waals surface area contributed by atoms with Crippen molar-refractivity contribution in [1.82, 2.24) is 10.2 Å². The summed E-state index contributed by atoms with van der Waals surface area (Å²) in [5.74, 6) is 0.814. The molecule has 0 saturated carbocycles. The first-order chi connectivity index (χ1) is 13.4. The van der Waals surface area contributed by atoms with Crippen molar-refractivity contribution in [1.29, 1.82) is 0 Å². The minimum absolute atomic E-state index is 0. The number of hydrogen-bond acceptors (Lipinski definition) is 4. The van der Waals surface area contributed by atoms with E-state index in [9.17, 15) is 8.42 Å². The fourth-order valence-electron chi connectivity index (χ4n) is 3.35. The Bertz CT molecular complexity index is 946. The van der Waals surface area contributed by atoms with Crippen LogP contribution in [-0.2, 0) is 21.1 Å². The van der Waals surface area contributed by atoms with Crippen LogP contribution in [0.25, 0.3) is 0 Å². The highest BCUT2D eigenvalue weighted by molar-refractivity contribution is 14.0. The van der Waals surface area contributed by atoms with Crippen LogP contribution < -0.4 is 5.32 Å². The molecular weight excluding hydrogens is 501 g/mol. The Morgan fingerprint density at radius 3 is 2.52 bits per heavy atom. The summed E-state index contributed by atoms with van der Waals surface area (Å²) in [6, 6.07) is 15.2. The molecule has 1 aliphatic heterocycles. The van der Waals surface area contributed by atoms with Gasteiger partial charge in [-0.2, -0.15) is 0 Å². The number of sulfone groups is 1. The summed E-state index contributed by atoms with van der Waals surface area (Å²) in [5, 5.41) is 3.37.